The maximum absolute atomic E-state index is 11.9. The molecule has 0 saturated carbocycles. The second-order valence-electron chi connectivity index (χ2n) is 5.88. The highest BCUT2D eigenvalue weighted by Crippen LogP contribution is 2.13. The second kappa shape index (κ2) is 8.20. The zero-order valence-electron chi connectivity index (χ0n) is 15.1. The number of hydrogen-bond donors (Lipinski definition) is 0. The number of carbonyl (C=O) groups excluding carboxylic acids is 2. The SMILES string of the molecule is C=C(OOC(=O)c1ccc(C)c(C)c1)OOC(=O)c1ccc(C)c(C)c1. The Balaban J connectivity index is 1.82. The van der Waals surface area contributed by atoms with Crippen LogP contribution < -0.4 is 0 Å². The minimum atomic E-state index is -0.724. The first-order valence-corrected chi connectivity index (χ1v) is 7.89. The lowest BCUT2D eigenvalue weighted by Crippen LogP contribution is -2.10. The Morgan fingerprint density at radius 2 is 1.04 bits per heavy atom. The van der Waals surface area contributed by atoms with Gasteiger partial charge in [0.25, 0.3) is 0 Å². The van der Waals surface area contributed by atoms with E-state index in [1.165, 1.54) is 0 Å². The van der Waals surface area contributed by atoms with E-state index in [-0.39, 0.29) is 0 Å². The van der Waals surface area contributed by atoms with Crippen LogP contribution in [0.5, 0.6) is 0 Å². The summed E-state index contributed by atoms with van der Waals surface area (Å²) in [6, 6.07) is 10.1. The first-order chi connectivity index (χ1) is 12.3. The molecule has 0 N–H and O–H groups in total. The summed E-state index contributed by atoms with van der Waals surface area (Å²) in [6.07, 6.45) is 0. The first kappa shape index (κ1) is 19.1. The molecule has 0 amide bonds. The number of aryl methyl sites for hydroxylation is 4. The number of rotatable bonds is 6. The van der Waals surface area contributed by atoms with Crippen molar-refractivity contribution in [3.05, 3.63) is 82.3 Å². The largest absolute Gasteiger partial charge is 0.386 e. The van der Waals surface area contributed by atoms with Crippen molar-refractivity contribution in [2.45, 2.75) is 27.7 Å². The summed E-state index contributed by atoms with van der Waals surface area (Å²) < 4.78 is 0. The Labute approximate surface area is 151 Å². The lowest BCUT2D eigenvalue weighted by Gasteiger charge is -2.08. The highest BCUT2D eigenvalue weighted by molar-refractivity contribution is 5.89. The lowest BCUT2D eigenvalue weighted by atomic mass is 10.1. The van der Waals surface area contributed by atoms with Gasteiger partial charge in [0, 0.05) is 0 Å². The molecule has 26 heavy (non-hydrogen) atoms. The summed E-state index contributed by atoms with van der Waals surface area (Å²) in [6.45, 7) is 11.0. The average Bonchev–Trinajstić information content (AvgIpc) is 2.62. The summed E-state index contributed by atoms with van der Waals surface area (Å²) in [7, 11) is 0. The predicted octanol–water partition coefficient (Wildman–Crippen LogP) is 4.27. The van der Waals surface area contributed by atoms with Crippen LogP contribution in [0.1, 0.15) is 43.0 Å². The van der Waals surface area contributed by atoms with Crippen molar-refractivity contribution in [2.24, 2.45) is 0 Å². The molecule has 2 aromatic carbocycles. The molecule has 0 aliphatic carbocycles. The van der Waals surface area contributed by atoms with Crippen molar-refractivity contribution in [3.8, 4) is 0 Å². The molecule has 2 rings (SSSR count). The first-order valence-electron chi connectivity index (χ1n) is 7.89. The molecule has 0 spiro atoms. The van der Waals surface area contributed by atoms with E-state index in [2.05, 4.69) is 26.1 Å². The van der Waals surface area contributed by atoms with Gasteiger partial charge in [-0.05, 0) is 80.8 Å². The molecule has 2 aromatic rings. The Kier molecular flexibility index (Phi) is 6.01. The fraction of sp³-hybridized carbons (Fsp3) is 0.200. The fourth-order valence-electron chi connectivity index (χ4n) is 2.02. The van der Waals surface area contributed by atoms with Gasteiger partial charge < -0.3 is 0 Å². The van der Waals surface area contributed by atoms with Crippen LogP contribution in [0.3, 0.4) is 0 Å². The van der Waals surface area contributed by atoms with Gasteiger partial charge in [-0.15, -0.1) is 0 Å². The topological polar surface area (TPSA) is 71.1 Å². The molecule has 0 bridgehead atoms. The zero-order valence-corrected chi connectivity index (χ0v) is 15.1. The Hall–Kier alpha value is -3.28. The van der Waals surface area contributed by atoms with Gasteiger partial charge in [-0.1, -0.05) is 12.1 Å². The number of benzene rings is 2. The van der Waals surface area contributed by atoms with Crippen molar-refractivity contribution in [2.75, 3.05) is 0 Å². The van der Waals surface area contributed by atoms with Crippen LogP contribution >= 0.6 is 0 Å². The van der Waals surface area contributed by atoms with Crippen LogP contribution in [0.4, 0.5) is 0 Å². The van der Waals surface area contributed by atoms with E-state index in [1.54, 1.807) is 36.4 Å². The Bertz CT molecular complexity index is 784. The van der Waals surface area contributed by atoms with Crippen LogP contribution in [0, 0.1) is 27.7 Å². The van der Waals surface area contributed by atoms with Crippen LogP contribution in [-0.4, -0.2) is 11.9 Å². The molecular weight excluding hydrogens is 336 g/mol. The molecule has 0 unspecified atom stereocenters. The summed E-state index contributed by atoms with van der Waals surface area (Å²) in [5, 5.41) is 0. The standard InChI is InChI=1S/C20H20O6/c1-12-6-8-17(10-14(12)3)19(21)25-23-16(5)24-26-20(22)18-9-7-13(2)15(4)11-18/h6-11H,5H2,1-4H3. The van der Waals surface area contributed by atoms with Crippen molar-refractivity contribution >= 4 is 11.9 Å². The molecule has 0 saturated heterocycles. The molecule has 0 aliphatic rings. The summed E-state index contributed by atoms with van der Waals surface area (Å²) >= 11 is 0. The van der Waals surface area contributed by atoms with Gasteiger partial charge in [0.05, 0.1) is 11.1 Å². The average molecular weight is 356 g/mol. The molecule has 0 atom stereocenters. The molecule has 136 valence electrons. The minimum Gasteiger partial charge on any atom is -0.243 e. The van der Waals surface area contributed by atoms with Gasteiger partial charge in [-0.3, -0.25) is 0 Å². The molecule has 0 fully saturated rings. The summed E-state index contributed by atoms with van der Waals surface area (Å²) in [5.74, 6) is -1.93. The minimum absolute atomic E-state index is 0.313. The second-order valence-corrected chi connectivity index (χ2v) is 5.88. The van der Waals surface area contributed by atoms with Crippen LogP contribution in [-0.2, 0) is 19.6 Å². The molecule has 0 aromatic heterocycles. The van der Waals surface area contributed by atoms with Gasteiger partial charge in [-0.25, -0.2) is 29.1 Å². The molecule has 0 heterocycles. The van der Waals surface area contributed by atoms with Gasteiger partial charge in [0.15, 0.2) is 0 Å². The zero-order chi connectivity index (χ0) is 19.3. The highest BCUT2D eigenvalue weighted by Gasteiger charge is 2.14. The van der Waals surface area contributed by atoms with Crippen LogP contribution in [0.25, 0.3) is 0 Å². The third kappa shape index (κ3) is 4.86. The third-order valence-corrected chi connectivity index (χ3v) is 3.91. The third-order valence-electron chi connectivity index (χ3n) is 3.91. The number of hydrogen-bond acceptors (Lipinski definition) is 6. The normalized spacial score (nSPS) is 10.0. The predicted molar refractivity (Wildman–Crippen MR) is 94.0 cm³/mol. The molecule has 0 radical (unpaired) electrons. The van der Waals surface area contributed by atoms with Gasteiger partial charge >= 0.3 is 17.9 Å². The summed E-state index contributed by atoms with van der Waals surface area (Å²) in [5.41, 5.74) is 4.61. The Morgan fingerprint density at radius 1 is 0.654 bits per heavy atom. The maximum atomic E-state index is 11.9. The van der Waals surface area contributed by atoms with Gasteiger partial charge in [0.2, 0.25) is 0 Å². The van der Waals surface area contributed by atoms with Crippen molar-refractivity contribution in [1.29, 1.82) is 0 Å². The van der Waals surface area contributed by atoms with Gasteiger partial charge in [0.1, 0.15) is 0 Å². The van der Waals surface area contributed by atoms with E-state index < -0.39 is 17.9 Å². The number of carbonyl (C=O) groups is 2. The van der Waals surface area contributed by atoms with E-state index >= 15 is 0 Å². The van der Waals surface area contributed by atoms with E-state index in [0.29, 0.717) is 11.1 Å². The van der Waals surface area contributed by atoms with E-state index in [0.717, 1.165) is 22.3 Å². The van der Waals surface area contributed by atoms with E-state index in [9.17, 15) is 9.59 Å². The van der Waals surface area contributed by atoms with Gasteiger partial charge in [-0.2, -0.15) is 0 Å². The molecule has 6 heteroatoms. The highest BCUT2D eigenvalue weighted by atomic mass is 17.3. The molecule has 0 aliphatic heterocycles. The maximum Gasteiger partial charge on any atom is 0.386 e. The van der Waals surface area contributed by atoms with Crippen molar-refractivity contribution < 1.29 is 29.1 Å². The van der Waals surface area contributed by atoms with E-state index in [4.69, 9.17) is 0 Å². The Morgan fingerprint density at radius 3 is 1.38 bits per heavy atom. The quantitative estimate of drug-likeness (QED) is 0.437. The monoisotopic (exact) mass is 356 g/mol. The van der Waals surface area contributed by atoms with E-state index in [1.807, 2.05) is 27.7 Å². The molecular formula is C20H20O6. The molecule has 6 nitrogen and oxygen atoms in total. The van der Waals surface area contributed by atoms with Crippen LogP contribution in [0.15, 0.2) is 48.9 Å². The smallest absolute Gasteiger partial charge is 0.243 e. The van der Waals surface area contributed by atoms with Crippen molar-refractivity contribution in [3.63, 3.8) is 0 Å². The lowest BCUT2D eigenvalue weighted by molar-refractivity contribution is -0.317. The summed E-state index contributed by atoms with van der Waals surface area (Å²) in [4.78, 5) is 42.2. The fourth-order valence-corrected chi connectivity index (χ4v) is 2.02. The van der Waals surface area contributed by atoms with Crippen molar-refractivity contribution in [1.82, 2.24) is 0 Å². The van der Waals surface area contributed by atoms with Crippen LogP contribution in [0.2, 0.25) is 0 Å².